The van der Waals surface area contributed by atoms with Gasteiger partial charge in [0.05, 0.1) is 11.4 Å². The maximum Gasteiger partial charge on any atom is 0.115 e. The summed E-state index contributed by atoms with van der Waals surface area (Å²) in [5.74, 6) is 0.221. The molecule has 0 aliphatic carbocycles. The third-order valence-corrected chi connectivity index (χ3v) is 3.29. The van der Waals surface area contributed by atoms with Gasteiger partial charge >= 0.3 is 0 Å². The van der Waals surface area contributed by atoms with Crippen LogP contribution in [-0.2, 0) is 0 Å². The SMILES string of the molecule is Oc1ccc(N=Nc2ccc(/C=C/c3ccccc3)cc2)cc1. The van der Waals surface area contributed by atoms with Gasteiger partial charge in [0.1, 0.15) is 5.75 Å². The molecule has 1 N–H and O–H groups in total. The fourth-order valence-electron chi connectivity index (χ4n) is 2.04. The van der Waals surface area contributed by atoms with Gasteiger partial charge in [-0.25, -0.2) is 0 Å². The lowest BCUT2D eigenvalue weighted by Crippen LogP contribution is -1.72. The smallest absolute Gasteiger partial charge is 0.115 e. The summed E-state index contributed by atoms with van der Waals surface area (Å²) >= 11 is 0. The van der Waals surface area contributed by atoms with E-state index in [0.717, 1.165) is 11.3 Å². The molecular formula is C20H16N2O. The number of phenolic OH excluding ortho intramolecular Hbond substituents is 1. The second-order valence-corrected chi connectivity index (χ2v) is 5.05. The maximum atomic E-state index is 9.23. The van der Waals surface area contributed by atoms with Crippen LogP contribution >= 0.6 is 0 Å². The summed E-state index contributed by atoms with van der Waals surface area (Å²) in [5, 5.41) is 17.5. The Kier molecular flexibility index (Phi) is 4.60. The van der Waals surface area contributed by atoms with Crippen LogP contribution in [0, 0.1) is 0 Å². The van der Waals surface area contributed by atoms with Crippen molar-refractivity contribution in [2.45, 2.75) is 0 Å². The largest absolute Gasteiger partial charge is 0.508 e. The van der Waals surface area contributed by atoms with Gasteiger partial charge in [0.15, 0.2) is 0 Å². The molecule has 0 saturated carbocycles. The molecule has 0 heterocycles. The minimum absolute atomic E-state index is 0.221. The predicted molar refractivity (Wildman–Crippen MR) is 94.1 cm³/mol. The first-order valence-electron chi connectivity index (χ1n) is 7.33. The zero-order valence-corrected chi connectivity index (χ0v) is 12.5. The van der Waals surface area contributed by atoms with Gasteiger partial charge in [-0.3, -0.25) is 0 Å². The van der Waals surface area contributed by atoms with Gasteiger partial charge in [-0.2, -0.15) is 10.2 Å². The van der Waals surface area contributed by atoms with E-state index in [4.69, 9.17) is 0 Å². The summed E-state index contributed by atoms with van der Waals surface area (Å²) in [6.07, 6.45) is 4.14. The Hall–Kier alpha value is -3.20. The number of hydrogen-bond donors (Lipinski definition) is 1. The quantitative estimate of drug-likeness (QED) is 0.467. The predicted octanol–water partition coefficient (Wildman–Crippen LogP) is 5.98. The van der Waals surface area contributed by atoms with E-state index >= 15 is 0 Å². The normalized spacial score (nSPS) is 11.3. The molecule has 3 aromatic carbocycles. The molecule has 3 heteroatoms. The van der Waals surface area contributed by atoms with E-state index in [0.29, 0.717) is 5.69 Å². The summed E-state index contributed by atoms with van der Waals surface area (Å²) in [4.78, 5) is 0. The van der Waals surface area contributed by atoms with E-state index in [1.54, 1.807) is 24.3 Å². The molecule has 3 rings (SSSR count). The van der Waals surface area contributed by atoms with Crippen molar-refractivity contribution in [2.24, 2.45) is 10.2 Å². The van der Waals surface area contributed by atoms with E-state index < -0.39 is 0 Å². The van der Waals surface area contributed by atoms with Crippen LogP contribution in [0.4, 0.5) is 11.4 Å². The zero-order chi connectivity index (χ0) is 15.9. The average molecular weight is 300 g/mol. The van der Waals surface area contributed by atoms with Crippen molar-refractivity contribution in [1.82, 2.24) is 0 Å². The van der Waals surface area contributed by atoms with Crippen LogP contribution in [0.25, 0.3) is 12.2 Å². The summed E-state index contributed by atoms with van der Waals surface area (Å²) in [5.41, 5.74) is 3.77. The van der Waals surface area contributed by atoms with Gasteiger partial charge in [0, 0.05) is 0 Å². The van der Waals surface area contributed by atoms with Gasteiger partial charge in [-0.05, 0) is 47.5 Å². The molecule has 0 bridgehead atoms. The highest BCUT2D eigenvalue weighted by molar-refractivity contribution is 5.70. The molecule has 3 aromatic rings. The number of phenols is 1. The van der Waals surface area contributed by atoms with Crippen molar-refractivity contribution in [3.05, 3.63) is 90.0 Å². The van der Waals surface area contributed by atoms with Crippen LogP contribution in [-0.4, -0.2) is 5.11 Å². The number of aromatic hydroxyl groups is 1. The number of hydrogen-bond acceptors (Lipinski definition) is 3. The van der Waals surface area contributed by atoms with E-state index in [9.17, 15) is 5.11 Å². The lowest BCUT2D eigenvalue weighted by Gasteiger charge is -1.96. The molecule has 0 unspecified atom stereocenters. The van der Waals surface area contributed by atoms with E-state index in [-0.39, 0.29) is 5.75 Å². The molecule has 0 aromatic heterocycles. The fraction of sp³-hybridized carbons (Fsp3) is 0. The number of rotatable bonds is 4. The molecule has 0 aliphatic heterocycles. The summed E-state index contributed by atoms with van der Waals surface area (Å²) in [6, 6.07) is 24.7. The van der Waals surface area contributed by atoms with Gasteiger partial charge in [0.2, 0.25) is 0 Å². The highest BCUT2D eigenvalue weighted by atomic mass is 16.3. The van der Waals surface area contributed by atoms with Crippen LogP contribution in [0.5, 0.6) is 5.75 Å². The van der Waals surface area contributed by atoms with Crippen LogP contribution < -0.4 is 0 Å². The van der Waals surface area contributed by atoms with Crippen molar-refractivity contribution >= 4 is 23.5 Å². The van der Waals surface area contributed by atoms with E-state index in [1.165, 1.54) is 5.56 Å². The Balaban J connectivity index is 1.67. The van der Waals surface area contributed by atoms with Gasteiger partial charge in [0.25, 0.3) is 0 Å². The Bertz CT molecular complexity index is 805. The first-order chi connectivity index (χ1) is 11.3. The third-order valence-electron chi connectivity index (χ3n) is 3.29. The molecule has 23 heavy (non-hydrogen) atoms. The molecule has 0 amide bonds. The first-order valence-corrected chi connectivity index (χ1v) is 7.33. The topological polar surface area (TPSA) is 45.0 Å². The molecule has 0 spiro atoms. The molecule has 0 atom stereocenters. The van der Waals surface area contributed by atoms with Crippen molar-refractivity contribution in [3.63, 3.8) is 0 Å². The molecule has 0 aliphatic rings. The Morgan fingerprint density at radius 3 is 1.61 bits per heavy atom. The lowest BCUT2D eigenvalue weighted by molar-refractivity contribution is 0.475. The van der Waals surface area contributed by atoms with E-state index in [2.05, 4.69) is 34.5 Å². The minimum Gasteiger partial charge on any atom is -0.508 e. The summed E-state index contributed by atoms with van der Waals surface area (Å²) < 4.78 is 0. The first kappa shape index (κ1) is 14.7. The van der Waals surface area contributed by atoms with Gasteiger partial charge < -0.3 is 5.11 Å². The molecule has 112 valence electrons. The van der Waals surface area contributed by atoms with Crippen molar-refractivity contribution in [3.8, 4) is 5.75 Å². The van der Waals surface area contributed by atoms with Crippen molar-refractivity contribution < 1.29 is 5.11 Å². The fourth-order valence-corrected chi connectivity index (χ4v) is 2.04. The zero-order valence-electron chi connectivity index (χ0n) is 12.5. The number of azo groups is 1. The number of nitrogens with zero attached hydrogens (tertiary/aromatic N) is 2. The molecule has 0 saturated heterocycles. The Labute approximate surface area is 135 Å². The maximum absolute atomic E-state index is 9.23. The number of benzene rings is 3. The van der Waals surface area contributed by atoms with Gasteiger partial charge in [-0.1, -0.05) is 54.6 Å². The van der Waals surface area contributed by atoms with Gasteiger partial charge in [-0.15, -0.1) is 0 Å². The lowest BCUT2D eigenvalue weighted by atomic mass is 10.1. The second kappa shape index (κ2) is 7.18. The standard InChI is InChI=1S/C20H16N2O/c23-20-14-12-19(13-15-20)22-21-18-10-8-17(9-11-18)7-6-16-4-2-1-3-5-16/h1-15,23H/b7-6+,22-21?. The van der Waals surface area contributed by atoms with Crippen LogP contribution in [0.3, 0.4) is 0 Å². The average Bonchev–Trinajstić information content (AvgIpc) is 2.61. The van der Waals surface area contributed by atoms with Crippen LogP contribution in [0.15, 0.2) is 89.1 Å². The highest BCUT2D eigenvalue weighted by Crippen LogP contribution is 2.21. The van der Waals surface area contributed by atoms with Crippen LogP contribution in [0.2, 0.25) is 0 Å². The molecule has 0 radical (unpaired) electrons. The second-order valence-electron chi connectivity index (χ2n) is 5.05. The molecule has 3 nitrogen and oxygen atoms in total. The molecular weight excluding hydrogens is 284 g/mol. The monoisotopic (exact) mass is 300 g/mol. The molecule has 0 fully saturated rings. The Morgan fingerprint density at radius 1 is 0.565 bits per heavy atom. The van der Waals surface area contributed by atoms with E-state index in [1.807, 2.05) is 42.5 Å². The van der Waals surface area contributed by atoms with Crippen molar-refractivity contribution in [2.75, 3.05) is 0 Å². The highest BCUT2D eigenvalue weighted by Gasteiger charge is 1.93. The third kappa shape index (κ3) is 4.38. The minimum atomic E-state index is 0.221. The summed E-state index contributed by atoms with van der Waals surface area (Å²) in [6.45, 7) is 0. The van der Waals surface area contributed by atoms with Crippen LogP contribution in [0.1, 0.15) is 11.1 Å². The summed E-state index contributed by atoms with van der Waals surface area (Å²) in [7, 11) is 0. The Morgan fingerprint density at radius 2 is 1.04 bits per heavy atom. The van der Waals surface area contributed by atoms with Crippen molar-refractivity contribution in [1.29, 1.82) is 0 Å².